The molecule has 0 bridgehead atoms. The van der Waals surface area contributed by atoms with Gasteiger partial charge in [0, 0.05) is 18.3 Å². The molecule has 2 aromatic carbocycles. The number of benzene rings is 2. The molecule has 0 aliphatic carbocycles. The maximum absolute atomic E-state index is 13.1. The number of amides is 3. The summed E-state index contributed by atoms with van der Waals surface area (Å²) in [5.41, 5.74) is 3.00. The quantitative estimate of drug-likeness (QED) is 0.507. The van der Waals surface area contributed by atoms with Crippen molar-refractivity contribution in [2.24, 2.45) is 4.99 Å². The van der Waals surface area contributed by atoms with Gasteiger partial charge in [0.05, 0.1) is 32.2 Å². The van der Waals surface area contributed by atoms with Gasteiger partial charge in [-0.25, -0.2) is 4.99 Å². The Morgan fingerprint density at radius 1 is 1.06 bits per heavy atom. The van der Waals surface area contributed by atoms with E-state index in [4.69, 9.17) is 4.99 Å². The average Bonchev–Trinajstić information content (AvgIpc) is 3.12. The Kier molecular flexibility index (Phi) is 6.48. The number of thiophene rings is 1. The highest BCUT2D eigenvalue weighted by Crippen LogP contribution is 2.34. The van der Waals surface area contributed by atoms with Crippen molar-refractivity contribution in [1.82, 2.24) is 0 Å². The van der Waals surface area contributed by atoms with Crippen molar-refractivity contribution in [3.8, 4) is 0 Å². The molecule has 0 unspecified atom stereocenters. The van der Waals surface area contributed by atoms with E-state index in [1.54, 1.807) is 30.3 Å². The Morgan fingerprint density at radius 3 is 2.53 bits per heavy atom. The fourth-order valence-electron chi connectivity index (χ4n) is 3.35. The lowest BCUT2D eigenvalue weighted by Gasteiger charge is -2.22. The second-order valence-corrected chi connectivity index (χ2v) is 9.58. The summed E-state index contributed by atoms with van der Waals surface area (Å²) in [6, 6.07) is 18.0. The molecule has 0 atom stereocenters. The van der Waals surface area contributed by atoms with Gasteiger partial charge in [0.1, 0.15) is 6.54 Å². The van der Waals surface area contributed by atoms with Gasteiger partial charge in [0.2, 0.25) is 17.7 Å². The van der Waals surface area contributed by atoms with E-state index in [9.17, 15) is 14.4 Å². The summed E-state index contributed by atoms with van der Waals surface area (Å²) in [7, 11) is 0. The number of hydrogen-bond donors (Lipinski definition) is 2. The van der Waals surface area contributed by atoms with Gasteiger partial charge in [-0.3, -0.25) is 14.4 Å². The van der Waals surface area contributed by atoms with E-state index in [1.807, 2.05) is 30.3 Å². The minimum absolute atomic E-state index is 0.0902. The van der Waals surface area contributed by atoms with Crippen molar-refractivity contribution >= 4 is 73.4 Å². The number of hydrogen-bond acceptors (Lipinski definition) is 5. The first-order chi connectivity index (χ1) is 15.4. The smallest absolute Gasteiger partial charge is 0.244 e. The van der Waals surface area contributed by atoms with Gasteiger partial charge in [-0.15, -0.1) is 11.3 Å². The van der Waals surface area contributed by atoms with E-state index in [2.05, 4.69) is 26.6 Å². The molecule has 1 aromatic heterocycles. The normalized spacial score (nSPS) is 13.1. The summed E-state index contributed by atoms with van der Waals surface area (Å²) in [6.45, 7) is 1.26. The third kappa shape index (κ3) is 5.12. The standard InChI is InChI=1S/C23H19BrN4O3S/c1-14(29)25-15-5-4-6-16(11-15)26-22(30)13-28-19-8-3-2-7-17(19)27-18(12-23(28)31)20-9-10-21(24)32-20/h2-11H,12-13H2,1H3,(H,25,29)(H,26,30). The van der Waals surface area contributed by atoms with Crippen LogP contribution in [0.2, 0.25) is 0 Å². The van der Waals surface area contributed by atoms with Crippen molar-refractivity contribution in [3.63, 3.8) is 0 Å². The first-order valence-electron chi connectivity index (χ1n) is 9.79. The predicted molar refractivity (Wildman–Crippen MR) is 131 cm³/mol. The second kappa shape index (κ2) is 9.46. The van der Waals surface area contributed by atoms with Gasteiger partial charge in [-0.1, -0.05) is 18.2 Å². The van der Waals surface area contributed by atoms with Crippen LogP contribution in [0.25, 0.3) is 0 Å². The summed E-state index contributed by atoms with van der Waals surface area (Å²) >= 11 is 4.96. The zero-order valence-electron chi connectivity index (χ0n) is 17.1. The third-order valence-electron chi connectivity index (χ3n) is 4.67. The van der Waals surface area contributed by atoms with E-state index in [0.29, 0.717) is 28.5 Å². The van der Waals surface area contributed by atoms with Gasteiger partial charge >= 0.3 is 0 Å². The Bertz CT molecular complexity index is 1240. The van der Waals surface area contributed by atoms with Gasteiger partial charge in [-0.2, -0.15) is 0 Å². The number of carbonyl (C=O) groups excluding carboxylic acids is 3. The molecular weight excluding hydrogens is 492 g/mol. The number of para-hydroxylation sites is 2. The lowest BCUT2D eigenvalue weighted by molar-refractivity contribution is -0.120. The second-order valence-electron chi connectivity index (χ2n) is 7.12. The molecule has 3 amide bonds. The molecule has 1 aliphatic heterocycles. The molecule has 1 aliphatic rings. The Balaban J connectivity index is 1.55. The first kappa shape index (κ1) is 21.9. The molecule has 162 valence electrons. The summed E-state index contributed by atoms with van der Waals surface area (Å²) in [5.74, 6) is -0.760. The molecule has 0 spiro atoms. The molecule has 32 heavy (non-hydrogen) atoms. The van der Waals surface area contributed by atoms with E-state index in [-0.39, 0.29) is 30.7 Å². The topological polar surface area (TPSA) is 90.9 Å². The average molecular weight is 511 g/mol. The van der Waals surface area contributed by atoms with Crippen LogP contribution < -0.4 is 15.5 Å². The monoisotopic (exact) mass is 510 g/mol. The maximum Gasteiger partial charge on any atom is 0.244 e. The third-order valence-corrected chi connectivity index (χ3v) is 6.35. The molecular formula is C23H19BrN4O3S. The molecule has 7 nitrogen and oxygen atoms in total. The number of fused-ring (bicyclic) bond motifs is 1. The lowest BCUT2D eigenvalue weighted by Crippen LogP contribution is -2.38. The largest absolute Gasteiger partial charge is 0.326 e. The van der Waals surface area contributed by atoms with E-state index in [0.717, 1.165) is 8.66 Å². The number of carbonyl (C=O) groups is 3. The van der Waals surface area contributed by atoms with Gasteiger partial charge < -0.3 is 15.5 Å². The predicted octanol–water partition coefficient (Wildman–Crippen LogP) is 4.97. The Morgan fingerprint density at radius 2 is 1.81 bits per heavy atom. The minimum atomic E-state index is -0.351. The molecule has 0 fully saturated rings. The van der Waals surface area contributed by atoms with Gasteiger partial charge in [-0.05, 0) is 58.4 Å². The highest BCUT2D eigenvalue weighted by molar-refractivity contribution is 9.11. The van der Waals surface area contributed by atoms with Crippen molar-refractivity contribution in [1.29, 1.82) is 0 Å². The Hall–Kier alpha value is -3.30. The maximum atomic E-state index is 13.1. The summed E-state index contributed by atoms with van der Waals surface area (Å²) in [5, 5.41) is 5.47. The van der Waals surface area contributed by atoms with E-state index < -0.39 is 0 Å². The number of nitrogens with one attached hydrogen (secondary N) is 2. The van der Waals surface area contributed by atoms with Crippen LogP contribution in [-0.4, -0.2) is 30.0 Å². The fourth-order valence-corrected chi connectivity index (χ4v) is 4.73. The van der Waals surface area contributed by atoms with Crippen LogP contribution in [0, 0.1) is 0 Å². The van der Waals surface area contributed by atoms with E-state index >= 15 is 0 Å². The molecule has 0 saturated carbocycles. The molecule has 9 heteroatoms. The van der Waals surface area contributed by atoms with Gasteiger partial charge in [0.25, 0.3) is 0 Å². The molecule has 3 aromatic rings. The summed E-state index contributed by atoms with van der Waals surface area (Å²) in [6.07, 6.45) is 0.0902. The fraction of sp³-hybridized carbons (Fsp3) is 0.130. The summed E-state index contributed by atoms with van der Waals surface area (Å²) < 4.78 is 0.956. The zero-order valence-corrected chi connectivity index (χ0v) is 19.5. The highest BCUT2D eigenvalue weighted by Gasteiger charge is 2.27. The van der Waals surface area contributed by atoms with Crippen molar-refractivity contribution in [3.05, 3.63) is 69.3 Å². The van der Waals surface area contributed by atoms with Gasteiger partial charge in [0.15, 0.2) is 0 Å². The first-order valence-corrected chi connectivity index (χ1v) is 11.4. The van der Waals surface area contributed by atoms with E-state index in [1.165, 1.54) is 23.2 Å². The van der Waals surface area contributed by atoms with Crippen LogP contribution in [0.3, 0.4) is 0 Å². The van der Waals surface area contributed by atoms with Crippen LogP contribution in [0.15, 0.2) is 69.4 Å². The number of halogens is 1. The van der Waals surface area contributed by atoms with Crippen LogP contribution in [-0.2, 0) is 14.4 Å². The SMILES string of the molecule is CC(=O)Nc1cccc(NC(=O)CN2C(=O)CC(c3ccc(Br)s3)=Nc3ccccc32)c1. The lowest BCUT2D eigenvalue weighted by atomic mass is 10.2. The molecule has 0 saturated heterocycles. The van der Waals surface area contributed by atoms with Crippen LogP contribution in [0.4, 0.5) is 22.7 Å². The zero-order chi connectivity index (χ0) is 22.7. The number of aliphatic imine (C=N–C) groups is 1. The van der Waals surface area contributed by atoms with Crippen molar-refractivity contribution in [2.75, 3.05) is 22.1 Å². The van der Waals surface area contributed by atoms with Crippen LogP contribution >= 0.6 is 27.3 Å². The number of nitrogens with zero attached hydrogens (tertiary/aromatic N) is 2. The molecule has 0 radical (unpaired) electrons. The molecule has 2 heterocycles. The Labute approximate surface area is 197 Å². The molecule has 2 N–H and O–H groups in total. The number of anilines is 3. The van der Waals surface area contributed by atoms with Crippen molar-refractivity contribution < 1.29 is 14.4 Å². The highest BCUT2D eigenvalue weighted by atomic mass is 79.9. The molecule has 4 rings (SSSR count). The number of rotatable bonds is 5. The minimum Gasteiger partial charge on any atom is -0.326 e. The van der Waals surface area contributed by atoms with Crippen LogP contribution in [0.5, 0.6) is 0 Å². The van der Waals surface area contributed by atoms with Crippen LogP contribution in [0.1, 0.15) is 18.2 Å². The van der Waals surface area contributed by atoms with Crippen molar-refractivity contribution in [2.45, 2.75) is 13.3 Å². The summed E-state index contributed by atoms with van der Waals surface area (Å²) in [4.78, 5) is 44.3.